The van der Waals surface area contributed by atoms with E-state index in [9.17, 15) is 4.79 Å². The first-order chi connectivity index (χ1) is 16.5. The second-order valence-corrected chi connectivity index (χ2v) is 9.27. The summed E-state index contributed by atoms with van der Waals surface area (Å²) >= 11 is 1.44. The number of benzene rings is 2. The fourth-order valence-corrected chi connectivity index (χ4v) is 4.67. The number of nitrogens with zero attached hydrogens (tertiary/aromatic N) is 6. The van der Waals surface area contributed by atoms with Crippen LogP contribution in [0.15, 0.2) is 63.0 Å². The predicted molar refractivity (Wildman–Crippen MR) is 129 cm³/mol. The van der Waals surface area contributed by atoms with Crippen molar-refractivity contribution < 1.29 is 9.26 Å². The lowest BCUT2D eigenvalue weighted by molar-refractivity contribution is 0.382. The Kier molecular flexibility index (Phi) is 6.06. The third-order valence-electron chi connectivity index (χ3n) is 5.42. The van der Waals surface area contributed by atoms with E-state index >= 15 is 0 Å². The Morgan fingerprint density at radius 2 is 1.88 bits per heavy atom. The summed E-state index contributed by atoms with van der Waals surface area (Å²) in [5.41, 5.74) is 1.50. The largest absolute Gasteiger partial charge is 0.496 e. The van der Waals surface area contributed by atoms with E-state index in [4.69, 9.17) is 9.26 Å². The number of rotatable bonds is 8. The van der Waals surface area contributed by atoms with Gasteiger partial charge in [-0.2, -0.15) is 4.98 Å². The van der Waals surface area contributed by atoms with Crippen LogP contribution in [0.5, 0.6) is 5.75 Å². The van der Waals surface area contributed by atoms with Crippen LogP contribution in [0.1, 0.15) is 31.1 Å². The second kappa shape index (κ2) is 9.30. The molecular formula is C24H24N6O3S. The van der Waals surface area contributed by atoms with E-state index in [0.717, 1.165) is 17.5 Å². The molecule has 0 saturated carbocycles. The van der Waals surface area contributed by atoms with Crippen LogP contribution in [-0.2, 0) is 18.7 Å². The molecule has 0 saturated heterocycles. The number of hydrogen-bond donors (Lipinski definition) is 0. The zero-order chi connectivity index (χ0) is 23.7. The van der Waals surface area contributed by atoms with Crippen molar-refractivity contribution in [3.8, 4) is 5.75 Å². The van der Waals surface area contributed by atoms with Crippen LogP contribution in [0, 0.1) is 5.92 Å². The highest BCUT2D eigenvalue weighted by Gasteiger charge is 2.19. The third kappa shape index (κ3) is 4.16. The average Bonchev–Trinajstić information content (AvgIpc) is 3.47. The van der Waals surface area contributed by atoms with Crippen molar-refractivity contribution in [1.82, 2.24) is 29.3 Å². The minimum absolute atomic E-state index is 0.131. The van der Waals surface area contributed by atoms with Gasteiger partial charge in [0.25, 0.3) is 5.56 Å². The maximum absolute atomic E-state index is 13.4. The van der Waals surface area contributed by atoms with Crippen LogP contribution in [0.4, 0.5) is 0 Å². The summed E-state index contributed by atoms with van der Waals surface area (Å²) < 4.78 is 14.4. The van der Waals surface area contributed by atoms with Crippen molar-refractivity contribution in [3.63, 3.8) is 0 Å². The maximum atomic E-state index is 13.4. The Morgan fingerprint density at radius 1 is 1.09 bits per heavy atom. The number of hydrogen-bond acceptors (Lipinski definition) is 8. The Hall–Kier alpha value is -3.66. The highest BCUT2D eigenvalue weighted by molar-refractivity contribution is 7.98. The Labute approximate surface area is 199 Å². The number of thioether (sulfide) groups is 1. The molecule has 0 spiro atoms. The minimum atomic E-state index is -0.131. The molecule has 3 aromatic heterocycles. The molecule has 0 N–H and O–H groups in total. The summed E-state index contributed by atoms with van der Waals surface area (Å²) in [5, 5.41) is 14.1. The van der Waals surface area contributed by atoms with Crippen LogP contribution < -0.4 is 10.3 Å². The molecule has 5 aromatic rings. The zero-order valence-electron chi connectivity index (χ0n) is 19.1. The average molecular weight is 477 g/mol. The molecule has 0 amide bonds. The monoisotopic (exact) mass is 476 g/mol. The van der Waals surface area contributed by atoms with Gasteiger partial charge in [-0.3, -0.25) is 13.8 Å². The molecule has 0 aliphatic heterocycles. The van der Waals surface area contributed by atoms with Gasteiger partial charge in [0.05, 0.1) is 30.3 Å². The van der Waals surface area contributed by atoms with Gasteiger partial charge in [0.1, 0.15) is 5.75 Å². The van der Waals surface area contributed by atoms with Crippen LogP contribution in [0.2, 0.25) is 0 Å². The number of para-hydroxylation sites is 2. The molecule has 5 rings (SSSR count). The van der Waals surface area contributed by atoms with Gasteiger partial charge in [-0.15, -0.1) is 10.2 Å². The Bertz CT molecular complexity index is 1520. The molecule has 0 radical (unpaired) electrons. The van der Waals surface area contributed by atoms with Gasteiger partial charge in [0, 0.05) is 12.0 Å². The van der Waals surface area contributed by atoms with Crippen molar-refractivity contribution in [2.45, 2.75) is 37.7 Å². The van der Waals surface area contributed by atoms with E-state index < -0.39 is 0 Å². The van der Waals surface area contributed by atoms with Crippen molar-refractivity contribution in [2.75, 3.05) is 7.11 Å². The number of fused-ring (bicyclic) bond motifs is 3. The highest BCUT2D eigenvalue weighted by atomic mass is 32.2. The van der Waals surface area contributed by atoms with Gasteiger partial charge in [0.15, 0.2) is 11.0 Å². The Morgan fingerprint density at radius 3 is 2.71 bits per heavy atom. The normalized spacial score (nSPS) is 11.6. The molecule has 2 aromatic carbocycles. The Balaban J connectivity index is 1.56. The van der Waals surface area contributed by atoms with Gasteiger partial charge in [0.2, 0.25) is 11.7 Å². The maximum Gasteiger partial charge on any atom is 0.263 e. The van der Waals surface area contributed by atoms with Gasteiger partial charge >= 0.3 is 0 Å². The summed E-state index contributed by atoms with van der Waals surface area (Å²) in [6, 6.07) is 15.1. The van der Waals surface area contributed by atoms with Gasteiger partial charge in [-0.1, -0.05) is 61.1 Å². The van der Waals surface area contributed by atoms with E-state index in [0.29, 0.717) is 52.0 Å². The molecule has 0 atom stereocenters. The molecule has 0 aliphatic rings. The first kappa shape index (κ1) is 22.1. The van der Waals surface area contributed by atoms with E-state index in [1.807, 2.05) is 52.9 Å². The summed E-state index contributed by atoms with van der Waals surface area (Å²) in [7, 11) is 1.62. The topological polar surface area (TPSA) is 100 Å². The quantitative estimate of drug-likeness (QED) is 0.310. The van der Waals surface area contributed by atoms with Crippen molar-refractivity contribution in [1.29, 1.82) is 0 Å². The highest BCUT2D eigenvalue weighted by Crippen LogP contribution is 2.25. The van der Waals surface area contributed by atoms with E-state index in [2.05, 4.69) is 34.2 Å². The summed E-state index contributed by atoms with van der Waals surface area (Å²) in [6.45, 7) is 4.54. The first-order valence-corrected chi connectivity index (χ1v) is 12.0. The van der Waals surface area contributed by atoms with Crippen molar-refractivity contribution >= 4 is 28.4 Å². The zero-order valence-corrected chi connectivity index (χ0v) is 20.0. The molecule has 10 heteroatoms. The van der Waals surface area contributed by atoms with Crippen LogP contribution in [-0.4, -0.2) is 36.4 Å². The fraction of sp³-hybridized carbons (Fsp3) is 0.292. The molecule has 0 aliphatic carbocycles. The molecule has 174 valence electrons. The van der Waals surface area contributed by atoms with Crippen LogP contribution >= 0.6 is 11.8 Å². The SMILES string of the molecule is COc1ccccc1Cn1c(=O)c2ccccc2n2c(SCc3nc(CC(C)C)no3)nnc12. The van der Waals surface area contributed by atoms with Crippen molar-refractivity contribution in [3.05, 3.63) is 76.2 Å². The second-order valence-electron chi connectivity index (χ2n) is 8.33. The smallest absolute Gasteiger partial charge is 0.263 e. The lowest BCUT2D eigenvalue weighted by Gasteiger charge is -2.13. The summed E-state index contributed by atoms with van der Waals surface area (Å²) in [4.78, 5) is 17.9. The van der Waals surface area contributed by atoms with Gasteiger partial charge in [-0.25, -0.2) is 0 Å². The molecule has 0 bridgehead atoms. The lowest BCUT2D eigenvalue weighted by Crippen LogP contribution is -2.24. The molecule has 0 unspecified atom stereocenters. The molecule has 34 heavy (non-hydrogen) atoms. The van der Waals surface area contributed by atoms with Gasteiger partial charge in [-0.05, 0) is 24.1 Å². The van der Waals surface area contributed by atoms with Crippen molar-refractivity contribution in [2.24, 2.45) is 5.92 Å². The molecule has 0 fully saturated rings. The van der Waals surface area contributed by atoms with E-state index in [1.165, 1.54) is 11.8 Å². The fourth-order valence-electron chi connectivity index (χ4n) is 3.90. The molecular weight excluding hydrogens is 452 g/mol. The van der Waals surface area contributed by atoms with Crippen LogP contribution in [0.25, 0.3) is 16.7 Å². The summed E-state index contributed by atoms with van der Waals surface area (Å²) in [6.07, 6.45) is 0.766. The minimum Gasteiger partial charge on any atom is -0.496 e. The molecule has 9 nitrogen and oxygen atoms in total. The lowest BCUT2D eigenvalue weighted by atomic mass is 10.1. The van der Waals surface area contributed by atoms with Crippen LogP contribution in [0.3, 0.4) is 0 Å². The number of aromatic nitrogens is 6. The number of methoxy groups -OCH3 is 1. The molecule has 3 heterocycles. The number of ether oxygens (including phenoxy) is 1. The van der Waals surface area contributed by atoms with E-state index in [1.54, 1.807) is 11.7 Å². The standard InChI is InChI=1S/C24H24N6O3S/c1-15(2)12-20-25-21(33-28-20)14-34-24-27-26-23-29(13-16-8-4-7-11-19(16)32-3)22(31)17-9-5-6-10-18(17)30(23)24/h4-11,15H,12-14H2,1-3H3. The first-order valence-electron chi connectivity index (χ1n) is 11.0. The predicted octanol–water partition coefficient (Wildman–Crippen LogP) is 3.97. The summed E-state index contributed by atoms with van der Waals surface area (Å²) in [5.74, 6) is 3.31. The van der Waals surface area contributed by atoms with Gasteiger partial charge < -0.3 is 9.26 Å². The third-order valence-corrected chi connectivity index (χ3v) is 6.34. The van der Waals surface area contributed by atoms with E-state index in [-0.39, 0.29) is 5.56 Å².